The van der Waals surface area contributed by atoms with Gasteiger partial charge in [-0.15, -0.1) is 0 Å². The van der Waals surface area contributed by atoms with Crippen molar-refractivity contribution in [3.63, 3.8) is 0 Å². The Morgan fingerprint density at radius 2 is 2.00 bits per heavy atom. The summed E-state index contributed by atoms with van der Waals surface area (Å²) >= 11 is 5.45. The van der Waals surface area contributed by atoms with E-state index in [1.807, 2.05) is 0 Å². The molecule has 1 heterocycles. The highest BCUT2D eigenvalue weighted by molar-refractivity contribution is 6.30. The normalized spacial score (nSPS) is 10.3. The molecule has 3 nitrogen and oxygen atoms in total. The molecule has 0 saturated heterocycles. The Hall–Kier alpha value is -0.970. The molecule has 12 heavy (non-hydrogen) atoms. The zero-order valence-electron chi connectivity index (χ0n) is 5.88. The summed E-state index contributed by atoms with van der Waals surface area (Å²) in [5, 5.41) is 0.333. The minimum atomic E-state index is -2.52. The second-order valence-corrected chi connectivity index (χ2v) is 2.32. The van der Waals surface area contributed by atoms with Crippen LogP contribution >= 0.6 is 11.6 Å². The molecule has 1 aromatic heterocycles. The molecule has 0 radical (unpaired) electrons. The van der Waals surface area contributed by atoms with Gasteiger partial charge in [0.05, 0.1) is 17.4 Å². The van der Waals surface area contributed by atoms with E-state index in [0.29, 0.717) is 5.02 Å². The van der Waals surface area contributed by atoms with Crippen molar-refractivity contribution in [2.24, 2.45) is 0 Å². The van der Waals surface area contributed by atoms with Gasteiger partial charge in [0.1, 0.15) is 0 Å². The summed E-state index contributed by atoms with van der Waals surface area (Å²) < 4.78 is 27.7. The third-order valence-electron chi connectivity index (χ3n) is 0.935. The van der Waals surface area contributed by atoms with E-state index in [1.165, 1.54) is 12.4 Å². The molecule has 0 amide bonds. The smallest absolute Gasteiger partial charge is 0.316 e. The van der Waals surface area contributed by atoms with Crippen LogP contribution in [0.2, 0.25) is 5.02 Å². The molecule has 0 saturated carbocycles. The number of ether oxygens (including phenoxy) is 1. The van der Waals surface area contributed by atoms with E-state index >= 15 is 0 Å². The SMILES string of the molecule is FC(F)COc1ncc(Cl)cn1. The highest BCUT2D eigenvalue weighted by atomic mass is 35.5. The van der Waals surface area contributed by atoms with Crippen LogP contribution in [-0.2, 0) is 0 Å². The van der Waals surface area contributed by atoms with Crippen LogP contribution in [-0.4, -0.2) is 23.0 Å². The first-order valence-electron chi connectivity index (χ1n) is 3.07. The lowest BCUT2D eigenvalue weighted by atomic mass is 10.7. The van der Waals surface area contributed by atoms with Crippen LogP contribution in [0.4, 0.5) is 8.78 Å². The number of hydrogen-bond acceptors (Lipinski definition) is 3. The summed E-state index contributed by atoms with van der Waals surface area (Å²) in [5.41, 5.74) is 0. The molecule has 0 atom stereocenters. The van der Waals surface area contributed by atoms with Gasteiger partial charge in [0.2, 0.25) is 0 Å². The standard InChI is InChI=1S/C6H5ClF2N2O/c7-4-1-10-6(11-2-4)12-3-5(8)9/h1-2,5H,3H2. The molecule has 0 N–H and O–H groups in total. The van der Waals surface area contributed by atoms with Crippen molar-refractivity contribution >= 4 is 11.6 Å². The molecule has 0 aliphatic rings. The van der Waals surface area contributed by atoms with Gasteiger partial charge in [0, 0.05) is 0 Å². The maximum absolute atomic E-state index is 11.6. The third kappa shape index (κ3) is 2.96. The van der Waals surface area contributed by atoms with Crippen LogP contribution in [0, 0.1) is 0 Å². The Kier molecular flexibility index (Phi) is 3.16. The monoisotopic (exact) mass is 194 g/mol. The van der Waals surface area contributed by atoms with E-state index in [2.05, 4.69) is 14.7 Å². The Morgan fingerprint density at radius 1 is 1.42 bits per heavy atom. The fourth-order valence-electron chi connectivity index (χ4n) is 0.513. The van der Waals surface area contributed by atoms with Crippen LogP contribution in [0.25, 0.3) is 0 Å². The van der Waals surface area contributed by atoms with Gasteiger partial charge in [-0.05, 0) is 0 Å². The fraction of sp³-hybridized carbons (Fsp3) is 0.333. The zero-order valence-corrected chi connectivity index (χ0v) is 6.63. The average molecular weight is 195 g/mol. The number of rotatable bonds is 3. The highest BCUT2D eigenvalue weighted by Crippen LogP contribution is 2.07. The summed E-state index contributed by atoms with van der Waals surface area (Å²) in [5.74, 6) is 0. The number of nitrogens with zero attached hydrogens (tertiary/aromatic N) is 2. The third-order valence-corrected chi connectivity index (χ3v) is 1.13. The van der Waals surface area contributed by atoms with E-state index in [-0.39, 0.29) is 6.01 Å². The minimum Gasteiger partial charge on any atom is -0.457 e. The van der Waals surface area contributed by atoms with Gasteiger partial charge in [-0.1, -0.05) is 11.6 Å². The Balaban J connectivity index is 2.48. The maximum Gasteiger partial charge on any atom is 0.316 e. The van der Waals surface area contributed by atoms with Crippen molar-refractivity contribution in [2.75, 3.05) is 6.61 Å². The predicted molar refractivity (Wildman–Crippen MR) is 38.5 cm³/mol. The van der Waals surface area contributed by atoms with Crippen molar-refractivity contribution < 1.29 is 13.5 Å². The molecule has 0 bridgehead atoms. The molecule has 6 heteroatoms. The van der Waals surface area contributed by atoms with Crippen LogP contribution in [0.5, 0.6) is 6.01 Å². The van der Waals surface area contributed by atoms with Gasteiger partial charge >= 0.3 is 6.01 Å². The summed E-state index contributed by atoms with van der Waals surface area (Å²) in [6.45, 7) is -0.707. The summed E-state index contributed by atoms with van der Waals surface area (Å²) in [7, 11) is 0. The van der Waals surface area contributed by atoms with Gasteiger partial charge in [-0.2, -0.15) is 0 Å². The molecule has 1 rings (SSSR count). The molecule has 1 aromatic rings. The minimum absolute atomic E-state index is 0.0975. The van der Waals surface area contributed by atoms with Crippen LogP contribution < -0.4 is 4.74 Å². The van der Waals surface area contributed by atoms with E-state index in [9.17, 15) is 8.78 Å². The van der Waals surface area contributed by atoms with E-state index in [4.69, 9.17) is 11.6 Å². The van der Waals surface area contributed by atoms with Gasteiger partial charge in [0.15, 0.2) is 6.61 Å². The quantitative estimate of drug-likeness (QED) is 0.736. The second-order valence-electron chi connectivity index (χ2n) is 1.89. The molecule has 0 unspecified atom stereocenters. The molecule has 0 aromatic carbocycles. The number of hydrogen-bond donors (Lipinski definition) is 0. The lowest BCUT2D eigenvalue weighted by molar-refractivity contribution is 0.0770. The van der Waals surface area contributed by atoms with Crippen LogP contribution in [0.15, 0.2) is 12.4 Å². The van der Waals surface area contributed by atoms with E-state index in [1.54, 1.807) is 0 Å². The Labute approximate surface area is 72.3 Å². The van der Waals surface area contributed by atoms with Crippen molar-refractivity contribution in [1.29, 1.82) is 0 Å². The molecule has 66 valence electrons. The van der Waals surface area contributed by atoms with Gasteiger partial charge in [-0.25, -0.2) is 18.7 Å². The Morgan fingerprint density at radius 3 is 2.50 bits per heavy atom. The molecular weight excluding hydrogens is 190 g/mol. The summed E-state index contributed by atoms with van der Waals surface area (Å²) in [6.07, 6.45) is 0.0225. The van der Waals surface area contributed by atoms with Crippen LogP contribution in [0.3, 0.4) is 0 Å². The lowest BCUT2D eigenvalue weighted by Gasteiger charge is -2.01. The number of alkyl halides is 2. The summed E-state index contributed by atoms with van der Waals surface area (Å²) in [4.78, 5) is 7.10. The topological polar surface area (TPSA) is 35.0 Å². The largest absolute Gasteiger partial charge is 0.457 e. The zero-order chi connectivity index (χ0) is 8.97. The van der Waals surface area contributed by atoms with Crippen molar-refractivity contribution in [2.45, 2.75) is 6.43 Å². The first-order valence-corrected chi connectivity index (χ1v) is 3.45. The van der Waals surface area contributed by atoms with Gasteiger partial charge in [0.25, 0.3) is 6.43 Å². The van der Waals surface area contributed by atoms with Crippen molar-refractivity contribution in [3.8, 4) is 6.01 Å². The lowest BCUT2D eigenvalue weighted by Crippen LogP contribution is -2.08. The molecular formula is C6H5ClF2N2O. The summed E-state index contributed by atoms with van der Waals surface area (Å²) in [6, 6.07) is -0.0975. The van der Waals surface area contributed by atoms with Gasteiger partial charge < -0.3 is 4.74 Å². The Bertz CT molecular complexity index is 242. The number of aromatic nitrogens is 2. The fourth-order valence-corrected chi connectivity index (χ4v) is 0.610. The first kappa shape index (κ1) is 9.12. The van der Waals surface area contributed by atoms with Gasteiger partial charge in [-0.3, -0.25) is 0 Å². The maximum atomic E-state index is 11.6. The van der Waals surface area contributed by atoms with E-state index < -0.39 is 13.0 Å². The van der Waals surface area contributed by atoms with Crippen molar-refractivity contribution in [1.82, 2.24) is 9.97 Å². The average Bonchev–Trinajstić information content (AvgIpc) is 2.03. The first-order chi connectivity index (χ1) is 5.68. The molecule has 0 fully saturated rings. The second kappa shape index (κ2) is 4.15. The predicted octanol–water partition coefficient (Wildman–Crippen LogP) is 1.77. The highest BCUT2D eigenvalue weighted by Gasteiger charge is 2.04. The van der Waals surface area contributed by atoms with Crippen molar-refractivity contribution in [3.05, 3.63) is 17.4 Å². The van der Waals surface area contributed by atoms with E-state index in [0.717, 1.165) is 0 Å². The van der Waals surface area contributed by atoms with Crippen LogP contribution in [0.1, 0.15) is 0 Å². The molecule has 0 aliphatic carbocycles. The number of halogens is 3. The molecule has 0 aliphatic heterocycles. The molecule has 0 spiro atoms.